The number of amides is 2. The first-order chi connectivity index (χ1) is 7.91. The number of likely N-dealkylation sites (tertiary alicyclic amines) is 1. The van der Waals surface area contributed by atoms with Crippen molar-refractivity contribution in [1.82, 2.24) is 15.1 Å². The van der Waals surface area contributed by atoms with Crippen molar-refractivity contribution in [2.45, 2.75) is 18.6 Å². The predicted octanol–water partition coefficient (Wildman–Crippen LogP) is -0.245. The first-order valence-corrected chi connectivity index (χ1v) is 5.48. The fraction of sp³-hybridized carbons (Fsp3) is 0.800. The quantitative estimate of drug-likeness (QED) is 0.719. The molecule has 98 valence electrons. The Hall–Kier alpha value is -1.37. The number of carbonyl (C=O) groups is 2. The summed E-state index contributed by atoms with van der Waals surface area (Å²) in [4.78, 5) is 25.2. The highest BCUT2D eigenvalue weighted by molar-refractivity contribution is 5.85. The molecule has 0 aromatic carbocycles. The number of carbonyl (C=O) groups excluding carboxylic acids is 1. The summed E-state index contributed by atoms with van der Waals surface area (Å²) >= 11 is 0. The fourth-order valence-electron chi connectivity index (χ4n) is 1.77. The molecule has 0 unspecified atom stereocenters. The zero-order valence-electron chi connectivity index (χ0n) is 10.0. The van der Waals surface area contributed by atoms with Crippen LogP contribution in [0.3, 0.4) is 0 Å². The van der Waals surface area contributed by atoms with Crippen LogP contribution in [0.1, 0.15) is 6.42 Å². The van der Waals surface area contributed by atoms with Gasteiger partial charge in [-0.2, -0.15) is 0 Å². The zero-order valence-corrected chi connectivity index (χ0v) is 10.0. The summed E-state index contributed by atoms with van der Waals surface area (Å²) in [7, 11) is 3.73. The van der Waals surface area contributed by atoms with Crippen LogP contribution in [0.25, 0.3) is 0 Å². The summed E-state index contributed by atoms with van der Waals surface area (Å²) in [5.41, 5.74) is 0. The number of nitrogens with one attached hydrogen (secondary N) is 1. The zero-order chi connectivity index (χ0) is 13.0. The van der Waals surface area contributed by atoms with Crippen LogP contribution in [0.4, 0.5) is 9.18 Å². The van der Waals surface area contributed by atoms with Gasteiger partial charge in [-0.05, 0) is 14.1 Å². The van der Waals surface area contributed by atoms with Crippen LogP contribution in [0.15, 0.2) is 0 Å². The molecular formula is C10H18FN3O3. The molecular weight excluding hydrogens is 229 g/mol. The highest BCUT2D eigenvalue weighted by Gasteiger charge is 2.39. The number of alkyl halides is 1. The molecule has 1 saturated heterocycles. The van der Waals surface area contributed by atoms with E-state index in [1.54, 1.807) is 0 Å². The van der Waals surface area contributed by atoms with Crippen molar-refractivity contribution >= 4 is 12.0 Å². The minimum absolute atomic E-state index is 0.0555. The molecule has 0 bridgehead atoms. The maximum Gasteiger partial charge on any atom is 0.408 e. The maximum atomic E-state index is 13.1. The third-order valence-electron chi connectivity index (χ3n) is 2.66. The molecule has 2 N–H and O–H groups in total. The maximum absolute atomic E-state index is 13.1. The van der Waals surface area contributed by atoms with Crippen molar-refractivity contribution < 1.29 is 19.1 Å². The Kier molecular flexibility index (Phi) is 4.68. The summed E-state index contributed by atoms with van der Waals surface area (Å²) in [5, 5.41) is 11.4. The van der Waals surface area contributed by atoms with Gasteiger partial charge in [0.2, 0.25) is 5.91 Å². The Bertz CT molecular complexity index is 299. The lowest BCUT2D eigenvalue weighted by Crippen LogP contribution is -2.46. The van der Waals surface area contributed by atoms with Gasteiger partial charge in [-0.3, -0.25) is 9.69 Å². The van der Waals surface area contributed by atoms with Crippen molar-refractivity contribution in [1.29, 1.82) is 0 Å². The highest BCUT2D eigenvalue weighted by Crippen LogP contribution is 2.20. The molecule has 0 aliphatic carbocycles. The second-order valence-electron chi connectivity index (χ2n) is 4.38. The smallest absolute Gasteiger partial charge is 0.408 e. The number of nitrogens with zero attached hydrogens (tertiary/aromatic N) is 2. The molecule has 0 saturated carbocycles. The fourth-order valence-corrected chi connectivity index (χ4v) is 1.77. The number of rotatable bonds is 4. The van der Waals surface area contributed by atoms with E-state index in [1.165, 1.54) is 0 Å². The largest absolute Gasteiger partial charge is 0.465 e. The average Bonchev–Trinajstić information content (AvgIpc) is 2.59. The minimum atomic E-state index is -1.25. The summed E-state index contributed by atoms with van der Waals surface area (Å²) < 4.78 is 13.1. The molecule has 0 aromatic rings. The molecule has 1 rings (SSSR count). The van der Waals surface area contributed by atoms with Crippen LogP contribution in [0, 0.1) is 0 Å². The Morgan fingerprint density at radius 1 is 1.53 bits per heavy atom. The minimum Gasteiger partial charge on any atom is -0.465 e. The number of carboxylic acid groups (broad SMARTS) is 1. The first-order valence-electron chi connectivity index (χ1n) is 5.48. The lowest BCUT2D eigenvalue weighted by Gasteiger charge is -2.20. The summed E-state index contributed by atoms with van der Waals surface area (Å²) in [6.45, 7) is 0.860. The molecule has 17 heavy (non-hydrogen) atoms. The van der Waals surface area contributed by atoms with Gasteiger partial charge in [0.25, 0.3) is 0 Å². The van der Waals surface area contributed by atoms with Gasteiger partial charge in [0.15, 0.2) is 0 Å². The van der Waals surface area contributed by atoms with Gasteiger partial charge in [0.05, 0.1) is 6.54 Å². The van der Waals surface area contributed by atoms with E-state index in [0.717, 1.165) is 4.90 Å². The molecule has 7 heteroatoms. The van der Waals surface area contributed by atoms with E-state index in [-0.39, 0.29) is 13.0 Å². The van der Waals surface area contributed by atoms with Gasteiger partial charge in [-0.25, -0.2) is 9.18 Å². The van der Waals surface area contributed by atoms with E-state index in [9.17, 15) is 14.0 Å². The van der Waals surface area contributed by atoms with Crippen LogP contribution in [-0.2, 0) is 4.79 Å². The molecule has 0 aromatic heterocycles. The second-order valence-corrected chi connectivity index (χ2v) is 4.38. The number of halogens is 1. The third kappa shape index (κ3) is 3.85. The van der Waals surface area contributed by atoms with E-state index in [2.05, 4.69) is 5.32 Å². The number of likely N-dealkylation sites (N-methyl/N-ethyl adjacent to an activating group) is 1. The lowest BCUT2D eigenvalue weighted by molar-refractivity contribution is -0.125. The highest BCUT2D eigenvalue weighted by atomic mass is 19.1. The molecule has 1 aliphatic heterocycles. The van der Waals surface area contributed by atoms with Crippen LogP contribution >= 0.6 is 0 Å². The second kappa shape index (κ2) is 5.81. The van der Waals surface area contributed by atoms with E-state index >= 15 is 0 Å². The van der Waals surface area contributed by atoms with Crippen LogP contribution < -0.4 is 5.32 Å². The van der Waals surface area contributed by atoms with Gasteiger partial charge in [-0.1, -0.05) is 0 Å². The average molecular weight is 247 g/mol. The molecule has 1 fully saturated rings. The predicted molar refractivity (Wildman–Crippen MR) is 59.6 cm³/mol. The Morgan fingerprint density at radius 2 is 2.18 bits per heavy atom. The van der Waals surface area contributed by atoms with Gasteiger partial charge >= 0.3 is 6.09 Å². The van der Waals surface area contributed by atoms with Crippen LogP contribution in [0.2, 0.25) is 0 Å². The van der Waals surface area contributed by atoms with E-state index in [4.69, 9.17) is 5.11 Å². The van der Waals surface area contributed by atoms with E-state index < -0.39 is 24.2 Å². The standard InChI is InChI=1S/C10H18FN3O3/c1-13(2)4-3-12-9(15)8-5-7(11)6-14(8)10(16)17/h7-8H,3-6H2,1-2H3,(H,12,15)(H,16,17)/t7-,8+/m1/s1. The lowest BCUT2D eigenvalue weighted by atomic mass is 10.2. The Balaban J connectivity index is 2.47. The SMILES string of the molecule is CN(C)CCNC(=O)[C@@H]1C[C@@H](F)CN1C(=O)O. The van der Waals surface area contributed by atoms with Crippen molar-refractivity contribution in [2.75, 3.05) is 33.7 Å². The third-order valence-corrected chi connectivity index (χ3v) is 2.66. The van der Waals surface area contributed by atoms with Crippen molar-refractivity contribution in [2.24, 2.45) is 0 Å². The van der Waals surface area contributed by atoms with Gasteiger partial charge in [0, 0.05) is 19.5 Å². The monoisotopic (exact) mass is 247 g/mol. The number of hydrogen-bond acceptors (Lipinski definition) is 3. The van der Waals surface area contributed by atoms with Crippen molar-refractivity contribution in [3.05, 3.63) is 0 Å². The van der Waals surface area contributed by atoms with Gasteiger partial charge in [0.1, 0.15) is 12.2 Å². The van der Waals surface area contributed by atoms with Gasteiger partial charge in [-0.15, -0.1) is 0 Å². The molecule has 2 atom stereocenters. The van der Waals surface area contributed by atoms with Crippen molar-refractivity contribution in [3.8, 4) is 0 Å². The summed E-state index contributed by atoms with van der Waals surface area (Å²) in [5.74, 6) is -0.422. The molecule has 0 spiro atoms. The van der Waals surface area contributed by atoms with E-state index in [1.807, 2.05) is 19.0 Å². The normalized spacial score (nSPS) is 24.1. The number of hydrogen-bond donors (Lipinski definition) is 2. The molecule has 2 amide bonds. The molecule has 1 aliphatic rings. The Morgan fingerprint density at radius 3 is 2.71 bits per heavy atom. The van der Waals surface area contributed by atoms with Crippen molar-refractivity contribution in [3.63, 3.8) is 0 Å². The molecule has 6 nitrogen and oxygen atoms in total. The summed E-state index contributed by atoms with van der Waals surface area (Å²) in [6, 6.07) is -0.898. The molecule has 0 radical (unpaired) electrons. The topological polar surface area (TPSA) is 72.9 Å². The van der Waals surface area contributed by atoms with Crippen LogP contribution in [-0.4, -0.2) is 72.8 Å². The molecule has 1 heterocycles. The van der Waals surface area contributed by atoms with Gasteiger partial charge < -0.3 is 15.3 Å². The first kappa shape index (κ1) is 13.7. The summed E-state index contributed by atoms with van der Waals surface area (Å²) in [6.07, 6.45) is -2.56. The Labute approximate surface area is 99.4 Å². The van der Waals surface area contributed by atoms with Crippen LogP contribution in [0.5, 0.6) is 0 Å². The van der Waals surface area contributed by atoms with E-state index in [0.29, 0.717) is 13.1 Å².